The van der Waals surface area contributed by atoms with Crippen LogP contribution in [-0.4, -0.2) is 106 Å². The van der Waals surface area contributed by atoms with Crippen molar-refractivity contribution in [2.45, 2.75) is 122 Å². The van der Waals surface area contributed by atoms with Crippen molar-refractivity contribution in [1.29, 1.82) is 0 Å². The Bertz CT molecular complexity index is 2190. The van der Waals surface area contributed by atoms with E-state index in [0.717, 1.165) is 6.08 Å². The van der Waals surface area contributed by atoms with E-state index in [1.807, 2.05) is 6.92 Å². The predicted octanol–water partition coefficient (Wildman–Crippen LogP) is 2.74. The highest BCUT2D eigenvalue weighted by atomic mass is 16.6. The number of benzene rings is 1. The fourth-order valence-corrected chi connectivity index (χ4v) is 8.09. The zero-order valence-electron chi connectivity index (χ0n) is 37.4. The molecule has 1 unspecified atom stereocenters. The first-order valence-corrected chi connectivity index (χ1v) is 21.7. The van der Waals surface area contributed by atoms with Crippen LogP contribution in [0.3, 0.4) is 0 Å². The summed E-state index contributed by atoms with van der Waals surface area (Å²) < 4.78 is 10.8. The Kier molecular flexibility index (Phi) is 18.9. The maximum absolute atomic E-state index is 13.8. The van der Waals surface area contributed by atoms with Crippen molar-refractivity contribution in [3.05, 3.63) is 76.2 Å². The average Bonchev–Trinajstić information content (AvgIpc) is 3.60. The molecule has 6 amide bonds. The molecule has 4 rings (SSSR count). The van der Waals surface area contributed by atoms with Crippen LogP contribution >= 0.6 is 0 Å². The molecule has 8 N–H and O–H groups in total. The van der Waals surface area contributed by atoms with Crippen molar-refractivity contribution < 1.29 is 58.0 Å². The molecular weight excluding hydrogens is 841 g/mol. The second-order valence-corrected chi connectivity index (χ2v) is 16.5. The number of nitrogens with one attached hydrogen (secondary N) is 4. The van der Waals surface area contributed by atoms with Crippen LogP contribution in [0.15, 0.2) is 65.0 Å². The highest BCUT2D eigenvalue weighted by Gasteiger charge is 2.40. The number of primary amides is 1. The van der Waals surface area contributed by atoms with Gasteiger partial charge in [0.2, 0.25) is 35.2 Å². The number of amides is 6. The number of carbonyl (C=O) groups excluding carboxylic acids is 8. The standard InChI is InChI=1S/C47H60N6O12/c1-7-9-16-35(54)44(65-47(48)63)28(5)23-27(4)42(59)37(64-6)22-26(3)21-30-41(36(55)24-33(43(30)60)51-38(56)8-2)49-20-12-10-11-17-39(57)50-32-15-13-14-29-31(32)25-53(46(29)62)34-18-19-40(58)52-45(34)61/h1,9,13-16,23-24,26-27,34-35,37,42,44,49,54,59H,8,10-12,17-22,25H2,2-6H3,(H2,48,63)(H,50,57)(H,51,56)(H,52,58,61)/b16-9-,28-23+/t26-,27+,34?,35+,37+,42+,44+/m1/s1. The van der Waals surface area contributed by atoms with Crippen molar-refractivity contribution in [2.24, 2.45) is 17.6 Å². The minimum absolute atomic E-state index is 0.0866. The highest BCUT2D eigenvalue weighted by Crippen LogP contribution is 2.33. The average molecular weight is 901 g/mol. The summed E-state index contributed by atoms with van der Waals surface area (Å²) in [6.07, 6.45) is 7.55. The van der Waals surface area contributed by atoms with Gasteiger partial charge in [0.25, 0.3) is 5.91 Å². The summed E-state index contributed by atoms with van der Waals surface area (Å²) in [5.41, 5.74) is 7.18. The molecule has 0 saturated carbocycles. The van der Waals surface area contributed by atoms with Crippen molar-refractivity contribution in [3.8, 4) is 12.3 Å². The topological polar surface area (TPSA) is 273 Å². The number of aliphatic hydroxyl groups excluding tert-OH is 2. The smallest absolute Gasteiger partial charge is 0.405 e. The SMILES string of the molecule is C#C/C=C\[C@H](O)[C@@H](OC(N)=O)/C(C)=C/[C@H](C)[C@H](O)[C@H](C[C@H](C)CC1=C(NCCCCCC(=O)Nc2cccc3c2CN(C2CCC(=O)NC2=O)C3=O)C(=O)C=C(NC(=O)CC)C1=O)OC. The van der Waals surface area contributed by atoms with E-state index in [4.69, 9.17) is 21.6 Å². The van der Waals surface area contributed by atoms with Gasteiger partial charge in [-0.3, -0.25) is 38.9 Å². The third-order valence-corrected chi connectivity index (χ3v) is 11.5. The number of nitrogens with zero attached hydrogens (tertiary/aromatic N) is 1. The van der Waals surface area contributed by atoms with Gasteiger partial charge in [-0.05, 0) is 74.8 Å². The summed E-state index contributed by atoms with van der Waals surface area (Å²) in [6, 6.07) is 4.20. The van der Waals surface area contributed by atoms with Gasteiger partial charge in [0.1, 0.15) is 12.1 Å². The van der Waals surface area contributed by atoms with E-state index in [-0.39, 0.29) is 85.7 Å². The number of anilines is 1. The normalized spacial score (nSPS) is 19.4. The van der Waals surface area contributed by atoms with Crippen molar-refractivity contribution in [3.63, 3.8) is 0 Å². The number of Topliss-reactive ketones (excluding diaryl/α,β-unsaturated/α-hetero) is 1. The van der Waals surface area contributed by atoms with E-state index in [1.54, 1.807) is 45.0 Å². The number of nitrogens with two attached hydrogens (primary N) is 1. The van der Waals surface area contributed by atoms with Crippen molar-refractivity contribution in [2.75, 3.05) is 19.0 Å². The molecule has 350 valence electrons. The molecule has 18 nitrogen and oxygen atoms in total. The van der Waals surface area contributed by atoms with Crippen molar-refractivity contribution >= 4 is 52.9 Å². The molecule has 1 aromatic rings. The lowest BCUT2D eigenvalue weighted by atomic mass is 9.85. The first-order valence-electron chi connectivity index (χ1n) is 21.7. The number of terminal acetylenes is 1. The Morgan fingerprint density at radius 1 is 1.08 bits per heavy atom. The molecule has 0 bridgehead atoms. The van der Waals surface area contributed by atoms with Gasteiger partial charge >= 0.3 is 6.09 Å². The lowest BCUT2D eigenvalue weighted by molar-refractivity contribution is -0.137. The number of hydrogen-bond acceptors (Lipinski definition) is 13. The molecule has 1 aromatic carbocycles. The maximum atomic E-state index is 13.8. The molecule has 1 saturated heterocycles. The van der Waals surface area contributed by atoms with E-state index in [2.05, 4.69) is 27.2 Å². The van der Waals surface area contributed by atoms with Gasteiger partial charge in [0.15, 0.2) is 6.10 Å². The molecule has 1 aliphatic carbocycles. The molecule has 7 atom stereocenters. The van der Waals surface area contributed by atoms with E-state index < -0.39 is 65.8 Å². The summed E-state index contributed by atoms with van der Waals surface area (Å²) >= 11 is 0. The number of unbranched alkanes of at least 4 members (excludes halogenated alkanes) is 2. The second kappa shape index (κ2) is 24.0. The molecule has 0 aromatic heterocycles. The third-order valence-electron chi connectivity index (χ3n) is 11.5. The van der Waals surface area contributed by atoms with Crippen LogP contribution in [0.1, 0.15) is 101 Å². The van der Waals surface area contributed by atoms with Gasteiger partial charge in [-0.1, -0.05) is 45.3 Å². The van der Waals surface area contributed by atoms with E-state index in [1.165, 1.54) is 24.2 Å². The van der Waals surface area contributed by atoms with Crippen molar-refractivity contribution in [1.82, 2.24) is 20.9 Å². The number of piperidine rings is 1. The Morgan fingerprint density at radius 3 is 2.48 bits per heavy atom. The van der Waals surface area contributed by atoms with Gasteiger partial charge in [-0.15, -0.1) is 6.42 Å². The fourth-order valence-electron chi connectivity index (χ4n) is 8.09. The lowest BCUT2D eigenvalue weighted by Crippen LogP contribution is -2.52. The third kappa shape index (κ3) is 13.8. The summed E-state index contributed by atoms with van der Waals surface area (Å²) in [4.78, 5) is 103. The van der Waals surface area contributed by atoms with Crippen LogP contribution in [0.2, 0.25) is 0 Å². The summed E-state index contributed by atoms with van der Waals surface area (Å²) in [7, 11) is 1.43. The molecule has 2 heterocycles. The zero-order valence-corrected chi connectivity index (χ0v) is 37.4. The maximum Gasteiger partial charge on any atom is 0.405 e. The number of methoxy groups -OCH3 is 1. The number of rotatable bonds is 23. The number of aliphatic hydroxyl groups is 2. The molecule has 0 radical (unpaired) electrons. The van der Waals surface area contributed by atoms with Gasteiger partial charge < -0.3 is 46.3 Å². The molecular formula is C47H60N6O12. The fraction of sp³-hybridized carbons (Fsp3) is 0.489. The minimum Gasteiger partial charge on any atom is -0.439 e. The molecule has 65 heavy (non-hydrogen) atoms. The number of fused-ring (bicyclic) bond motifs is 1. The first-order chi connectivity index (χ1) is 30.9. The minimum atomic E-state index is -1.31. The largest absolute Gasteiger partial charge is 0.439 e. The first kappa shape index (κ1) is 51.2. The Morgan fingerprint density at radius 2 is 1.82 bits per heavy atom. The van der Waals surface area contributed by atoms with E-state index in [9.17, 15) is 48.6 Å². The Labute approximate surface area is 378 Å². The number of allylic oxidation sites excluding steroid dienone is 3. The second-order valence-electron chi connectivity index (χ2n) is 16.5. The van der Waals surface area contributed by atoms with Crippen LogP contribution in [0.5, 0.6) is 0 Å². The van der Waals surface area contributed by atoms with Crippen LogP contribution in [0.25, 0.3) is 0 Å². The van der Waals surface area contributed by atoms with Crippen LogP contribution in [0.4, 0.5) is 10.5 Å². The summed E-state index contributed by atoms with van der Waals surface area (Å²) in [6.45, 7) is 7.17. The van der Waals surface area contributed by atoms with Gasteiger partial charge in [-0.2, -0.15) is 0 Å². The lowest BCUT2D eigenvalue weighted by Gasteiger charge is -2.29. The number of imide groups is 1. The van der Waals surface area contributed by atoms with Gasteiger partial charge in [0, 0.05) is 73.8 Å². The molecule has 3 aliphatic rings. The molecule has 1 fully saturated rings. The quantitative estimate of drug-likeness (QED) is 0.0274. The zero-order chi connectivity index (χ0) is 48.0. The van der Waals surface area contributed by atoms with Gasteiger partial charge in [-0.25, -0.2) is 4.79 Å². The van der Waals surface area contributed by atoms with E-state index >= 15 is 0 Å². The number of ether oxygens (including phenoxy) is 2. The van der Waals surface area contributed by atoms with E-state index in [0.29, 0.717) is 48.2 Å². The monoisotopic (exact) mass is 900 g/mol. The van der Waals surface area contributed by atoms with Crippen LogP contribution < -0.4 is 27.0 Å². The predicted molar refractivity (Wildman–Crippen MR) is 238 cm³/mol. The molecule has 0 spiro atoms. The Hall–Kier alpha value is -6.42. The number of ketones is 2. The van der Waals surface area contributed by atoms with Crippen LogP contribution in [0, 0.1) is 24.2 Å². The summed E-state index contributed by atoms with van der Waals surface area (Å²) in [5.74, 6) is -1.65. The molecule has 2 aliphatic heterocycles. The molecule has 18 heteroatoms. The summed E-state index contributed by atoms with van der Waals surface area (Å²) in [5, 5.41) is 32.7. The van der Waals surface area contributed by atoms with Crippen LogP contribution in [-0.2, 0) is 44.8 Å². The Balaban J connectivity index is 1.36. The highest BCUT2D eigenvalue weighted by molar-refractivity contribution is 6.23. The number of hydrogen-bond donors (Lipinski definition) is 7. The number of carbonyl (C=O) groups is 8. The van der Waals surface area contributed by atoms with Gasteiger partial charge in [0.05, 0.1) is 23.6 Å².